The molecule has 24 heteroatoms. The predicted octanol–water partition coefficient (Wildman–Crippen LogP) is 26.4. The fourth-order valence-corrected chi connectivity index (χ4v) is 9.82. The van der Waals surface area contributed by atoms with Gasteiger partial charge in [-0.2, -0.15) is 0 Å². The fourth-order valence-electron chi connectivity index (χ4n) is 9.82. The van der Waals surface area contributed by atoms with Crippen molar-refractivity contribution >= 4 is 116 Å². The summed E-state index contributed by atoms with van der Waals surface area (Å²) in [6, 6.07) is 0. The van der Waals surface area contributed by atoms with E-state index in [1.807, 2.05) is 267 Å². The van der Waals surface area contributed by atoms with Crippen LogP contribution in [0.5, 0.6) is 0 Å². The zero-order valence-corrected chi connectivity index (χ0v) is 102. The van der Waals surface area contributed by atoms with Gasteiger partial charge < -0.3 is 19.9 Å². The number of hydrogen-bond acceptors (Lipinski definition) is 21. The second kappa shape index (κ2) is 79.1. The first-order valence-corrected chi connectivity index (χ1v) is 52.2. The Hall–Kier alpha value is -10.0. The highest BCUT2D eigenvalue weighted by Gasteiger charge is 2.29. The van der Waals surface area contributed by atoms with E-state index in [4.69, 9.17) is 4.74 Å². The number of allylic oxidation sites excluding steroid dienone is 12. The molecule has 0 heterocycles. The highest BCUT2D eigenvalue weighted by Crippen LogP contribution is 2.26. The third-order valence-electron chi connectivity index (χ3n) is 19.9. The van der Waals surface area contributed by atoms with Gasteiger partial charge in [0, 0.05) is 178 Å². The zero-order chi connectivity index (χ0) is 119. The summed E-state index contributed by atoms with van der Waals surface area (Å²) in [4.78, 5) is 230. The van der Waals surface area contributed by atoms with E-state index in [1.165, 1.54) is 29.2 Å². The molecule has 0 aliphatic rings. The molecule has 0 atom stereocenters. The lowest BCUT2D eigenvalue weighted by atomic mass is 9.87. The molecule has 0 saturated heterocycles. The Labute approximate surface area is 899 Å². The SMILES string of the molecule is C/C=C/C(=O)CCC(=O)N(C)CC(C)(C)C.C=CC(=O)CCCCC(=O)C(C)(C)C.C=CC(=O)N(C)CC(=O)C(C)(C)C.C=CC(=O)NCC(=O)CCC(=O)C(C)(C)C.CC(C)(C)/C=C/C(=O)C(C)(C)C.CC(C)(C)C#CC(=O)C(C)(C)C.CC(C)/C=C/C(=O)CCC(=O)C(C)(C)C.CC(C)=CC(=O)CCC(=O)CCC(=O)C(C)(C)C.CC(C)OC/C=C/C(=O)CCC(=O)C(C)(C)C.CCC/C=C/C(=O)CCC(=O)C(C)(C)C. The summed E-state index contributed by atoms with van der Waals surface area (Å²) in [6.45, 7) is 95.8. The summed E-state index contributed by atoms with van der Waals surface area (Å²) in [5, 5.41) is 2.38. The van der Waals surface area contributed by atoms with Gasteiger partial charge in [0.25, 0.3) is 0 Å². The van der Waals surface area contributed by atoms with E-state index < -0.39 is 16.2 Å². The average molecular weight is 2080 g/mol. The molecular weight excluding hydrogens is 1870 g/mol. The first kappa shape index (κ1) is 158. The van der Waals surface area contributed by atoms with Crippen molar-refractivity contribution in [1.82, 2.24) is 15.1 Å². The molecule has 148 heavy (non-hydrogen) atoms. The van der Waals surface area contributed by atoms with Gasteiger partial charge in [-0.1, -0.05) is 317 Å². The highest BCUT2D eigenvalue weighted by atomic mass is 16.5. The van der Waals surface area contributed by atoms with E-state index in [2.05, 4.69) is 85.4 Å². The van der Waals surface area contributed by atoms with E-state index in [9.17, 15) is 95.9 Å². The van der Waals surface area contributed by atoms with Crippen LogP contribution in [0.4, 0.5) is 0 Å². The molecule has 0 saturated carbocycles. The molecule has 0 aromatic rings. The second-order valence-corrected chi connectivity index (χ2v) is 50.3. The van der Waals surface area contributed by atoms with Crippen molar-refractivity contribution in [3.05, 3.63) is 110 Å². The summed E-state index contributed by atoms with van der Waals surface area (Å²) in [6.07, 6.45) is 31.0. The number of rotatable bonds is 46. The van der Waals surface area contributed by atoms with Gasteiger partial charge in [0.1, 0.15) is 40.5 Å². The molecule has 0 unspecified atom stereocenters. The number of carbonyl (C=O) groups excluding carboxylic acids is 20. The number of unbranched alkanes of at least 4 members (excludes halogenated alkanes) is 2. The molecule has 0 aromatic heterocycles. The van der Waals surface area contributed by atoms with Gasteiger partial charge in [-0.3, -0.25) is 95.9 Å². The maximum absolute atomic E-state index is 11.7. The molecule has 0 spiro atoms. The average Bonchev–Trinajstić information content (AvgIpc) is 0.885. The zero-order valence-electron chi connectivity index (χ0n) is 102. The highest BCUT2D eigenvalue weighted by molar-refractivity contribution is 6.01. The van der Waals surface area contributed by atoms with Crippen molar-refractivity contribution < 1.29 is 101 Å². The van der Waals surface area contributed by atoms with E-state index in [0.717, 1.165) is 37.3 Å². The molecule has 24 nitrogen and oxygen atoms in total. The van der Waals surface area contributed by atoms with Crippen LogP contribution >= 0.6 is 0 Å². The summed E-state index contributed by atoms with van der Waals surface area (Å²) >= 11 is 0. The Morgan fingerprint density at radius 1 is 0.372 bits per heavy atom. The van der Waals surface area contributed by atoms with Crippen molar-refractivity contribution in [2.75, 3.05) is 40.3 Å². The van der Waals surface area contributed by atoms with Crippen LogP contribution in [0.25, 0.3) is 0 Å². The molecule has 0 rings (SSSR count). The molecule has 0 aromatic carbocycles. The minimum atomic E-state index is -0.412. The first-order chi connectivity index (χ1) is 66.4. The van der Waals surface area contributed by atoms with Crippen LogP contribution in [0.2, 0.25) is 0 Å². The molecule has 0 bridgehead atoms. The maximum Gasteiger partial charge on any atom is 0.246 e. The lowest BCUT2D eigenvalue weighted by molar-refractivity contribution is -0.133. The minimum Gasteiger partial charge on any atom is -0.375 e. The lowest BCUT2D eigenvalue weighted by Crippen LogP contribution is -2.36. The smallest absolute Gasteiger partial charge is 0.246 e. The summed E-state index contributed by atoms with van der Waals surface area (Å²) in [7, 11) is 3.38. The van der Waals surface area contributed by atoms with Gasteiger partial charge >= 0.3 is 0 Å². The fraction of sp³-hybridized carbons (Fsp3) is 0.677. The van der Waals surface area contributed by atoms with Gasteiger partial charge in [-0.25, -0.2) is 0 Å². The van der Waals surface area contributed by atoms with Gasteiger partial charge in [-0.05, 0) is 152 Å². The Morgan fingerprint density at radius 2 is 0.730 bits per heavy atom. The van der Waals surface area contributed by atoms with Gasteiger partial charge in [0.2, 0.25) is 23.5 Å². The van der Waals surface area contributed by atoms with Crippen LogP contribution in [0.15, 0.2) is 110 Å². The van der Waals surface area contributed by atoms with E-state index in [-0.39, 0.29) is 229 Å². The van der Waals surface area contributed by atoms with Gasteiger partial charge in [0.15, 0.2) is 52.0 Å². The molecular formula is C124H209N3O21. The number of carbonyl (C=O) groups is 20. The number of ketones is 17. The molecule has 1 N–H and O–H groups in total. The number of hydrogen-bond donors (Lipinski definition) is 1. The Balaban J connectivity index is -0.000000179. The third kappa shape index (κ3) is 110. The number of Topliss-reactive ketones (excluding diaryl/α,β-unsaturated/α-hetero) is 10. The van der Waals surface area contributed by atoms with Crippen molar-refractivity contribution in [3.8, 4) is 11.8 Å². The van der Waals surface area contributed by atoms with E-state index in [0.29, 0.717) is 76.9 Å². The summed E-state index contributed by atoms with van der Waals surface area (Å²) < 4.78 is 5.27. The topological polar surface area (TPSA) is 369 Å². The number of amides is 3. The quantitative estimate of drug-likeness (QED) is 0.0256. The summed E-state index contributed by atoms with van der Waals surface area (Å²) in [5.74, 6) is 6.47. The van der Waals surface area contributed by atoms with Gasteiger partial charge in [0.05, 0.1) is 25.8 Å². The molecule has 0 fully saturated rings. The van der Waals surface area contributed by atoms with Crippen LogP contribution in [0, 0.1) is 82.7 Å². The van der Waals surface area contributed by atoms with Crippen LogP contribution in [0.1, 0.15) is 433 Å². The molecule has 846 valence electrons. The monoisotopic (exact) mass is 2080 g/mol. The van der Waals surface area contributed by atoms with Crippen molar-refractivity contribution in [1.29, 1.82) is 0 Å². The van der Waals surface area contributed by atoms with Crippen LogP contribution in [-0.4, -0.2) is 172 Å². The van der Waals surface area contributed by atoms with Gasteiger partial charge in [-0.15, -0.1) is 0 Å². The summed E-state index contributed by atoms with van der Waals surface area (Å²) in [5.41, 5.74) is -1.99. The Kier molecular flexibility index (Phi) is 84.4. The van der Waals surface area contributed by atoms with Crippen LogP contribution in [0.3, 0.4) is 0 Å². The van der Waals surface area contributed by atoms with E-state index in [1.54, 1.807) is 62.4 Å². The normalized spacial score (nSPS) is 11.7. The standard InChI is InChI=1S/C15H24O3.C14H24O3.C13H23NO2.2C13H22O2.C12H19NO3.C12H20O2.C11H20O.C11H18O.C10H17NO2/c1-11(2)10-13(17)7-6-12(16)8-9-14(18)15(3,4)5;1-11(2)17-10-6-7-12(15)8-9-13(16)14(3,4)5;1-6-7-11(15)8-9-12(16)14(5)10-13(2,3)4;1-10(2)6-7-11(14)8-9-12(15)13(3,4)5;1-5-6-7-8-11(14)9-10-12(15)13(2,3)4;1-5-11(16)13-8-9(14)6-7-10(15)12(2,3)4;1-5-10(13)8-6-7-9-11(14)12(2,3)4;2*1-10(2,3)8-7-9(12)11(4,5)6;1-6-9(13)11(5)7-8(12)10(2,3)4/h10H,6-9H2,1-5H3;6-7,11H,8-10H2,1-5H3;6-7H,8-10H2,1-5H3;6-7,10H,8-9H2,1-5H3;7-8H,5-6,9-10H2,1-4H3;5H,1,6-8H2,2-4H3,(H,13,16);5H,1,6-9H2,2-4H3;7-8H,1-6H3;1-6H3;6H,1,7H2,2-5H3/b;3*7-6+;8-7+;;;8-7+;;. The lowest BCUT2D eigenvalue weighted by Gasteiger charge is -2.26. The second-order valence-electron chi connectivity index (χ2n) is 50.3. The first-order valence-electron chi connectivity index (χ1n) is 52.2. The number of ether oxygens (including phenoxy) is 1. The molecule has 3 amide bonds. The maximum atomic E-state index is 11.7. The molecule has 0 aliphatic heterocycles. The predicted molar refractivity (Wildman–Crippen MR) is 610 cm³/mol. The van der Waals surface area contributed by atoms with Crippen molar-refractivity contribution in [2.24, 2.45) is 70.9 Å². The van der Waals surface area contributed by atoms with Crippen LogP contribution < -0.4 is 5.32 Å². The Bertz CT molecular complexity index is 4430. The van der Waals surface area contributed by atoms with Crippen molar-refractivity contribution in [2.45, 2.75) is 439 Å². The molecule has 0 aliphatic carbocycles. The number of nitrogens with zero attached hydrogens (tertiary/aromatic N) is 2. The third-order valence-corrected chi connectivity index (χ3v) is 19.9. The minimum absolute atomic E-state index is 0.0110. The Morgan fingerprint density at radius 3 is 1.06 bits per heavy atom. The van der Waals surface area contributed by atoms with Crippen molar-refractivity contribution in [3.63, 3.8) is 0 Å². The van der Waals surface area contributed by atoms with Crippen LogP contribution in [-0.2, 0) is 101 Å². The largest absolute Gasteiger partial charge is 0.375 e. The molecule has 0 radical (unpaired) electrons. The number of nitrogens with one attached hydrogen (secondary N) is 1. The van der Waals surface area contributed by atoms with E-state index >= 15 is 0 Å². The number of likely N-dealkylation sites (N-methyl/N-ethyl adjacent to an activating group) is 1.